The van der Waals surface area contributed by atoms with Gasteiger partial charge in [0.05, 0.1) is 5.69 Å². The molecular formula is C17H25N3. The van der Waals surface area contributed by atoms with Crippen molar-refractivity contribution in [1.29, 1.82) is 0 Å². The second-order valence-corrected chi connectivity index (χ2v) is 5.18. The summed E-state index contributed by atoms with van der Waals surface area (Å²) in [5.41, 5.74) is 3.90. The molecule has 1 unspecified atom stereocenters. The first-order chi connectivity index (χ1) is 9.76. The van der Waals surface area contributed by atoms with Crippen LogP contribution in [0.5, 0.6) is 0 Å². The Labute approximate surface area is 122 Å². The van der Waals surface area contributed by atoms with Crippen molar-refractivity contribution in [3.8, 4) is 0 Å². The lowest BCUT2D eigenvalue weighted by Gasteiger charge is -2.16. The molecule has 1 aromatic heterocycles. The van der Waals surface area contributed by atoms with E-state index in [0.29, 0.717) is 6.04 Å². The van der Waals surface area contributed by atoms with Crippen LogP contribution in [0.4, 0.5) is 0 Å². The Hall–Kier alpha value is -1.61. The Morgan fingerprint density at radius 1 is 1.15 bits per heavy atom. The molecule has 1 heterocycles. The van der Waals surface area contributed by atoms with Crippen molar-refractivity contribution in [2.75, 3.05) is 7.05 Å². The fraction of sp³-hybridized carbons (Fsp3) is 0.471. The van der Waals surface area contributed by atoms with Crippen LogP contribution in [-0.2, 0) is 25.8 Å². The quantitative estimate of drug-likeness (QED) is 0.839. The molecule has 2 aromatic rings. The van der Waals surface area contributed by atoms with E-state index in [2.05, 4.69) is 65.3 Å². The van der Waals surface area contributed by atoms with Gasteiger partial charge in [-0.2, -0.15) is 5.10 Å². The standard InChI is InChI=1S/C17H25N3/c1-4-15-12-17(20(5-2)19-15)13-16(18-3)11-14-9-7-6-8-10-14/h6-10,12,16,18H,4-5,11,13H2,1-3H3. The van der Waals surface area contributed by atoms with Gasteiger partial charge in [0.2, 0.25) is 0 Å². The highest BCUT2D eigenvalue weighted by Crippen LogP contribution is 2.11. The first-order valence-electron chi connectivity index (χ1n) is 7.53. The zero-order valence-corrected chi connectivity index (χ0v) is 12.8. The third-order valence-corrected chi connectivity index (χ3v) is 3.76. The number of hydrogen-bond acceptors (Lipinski definition) is 2. The Balaban J connectivity index is 2.08. The molecule has 1 N–H and O–H groups in total. The van der Waals surface area contributed by atoms with Crippen LogP contribution in [0.25, 0.3) is 0 Å². The number of benzene rings is 1. The molecule has 1 atom stereocenters. The number of likely N-dealkylation sites (N-methyl/N-ethyl adjacent to an activating group) is 1. The van der Waals surface area contributed by atoms with Gasteiger partial charge >= 0.3 is 0 Å². The monoisotopic (exact) mass is 271 g/mol. The smallest absolute Gasteiger partial charge is 0.0624 e. The van der Waals surface area contributed by atoms with Gasteiger partial charge in [0.15, 0.2) is 0 Å². The summed E-state index contributed by atoms with van der Waals surface area (Å²) in [6, 6.07) is 13.4. The summed E-state index contributed by atoms with van der Waals surface area (Å²) in [7, 11) is 2.04. The lowest BCUT2D eigenvalue weighted by atomic mass is 10.0. The van der Waals surface area contributed by atoms with Crippen molar-refractivity contribution in [3.63, 3.8) is 0 Å². The Kier molecular flexibility index (Phi) is 5.36. The summed E-state index contributed by atoms with van der Waals surface area (Å²) in [4.78, 5) is 0. The van der Waals surface area contributed by atoms with Gasteiger partial charge in [0, 0.05) is 24.7 Å². The number of hydrogen-bond donors (Lipinski definition) is 1. The molecule has 0 spiro atoms. The minimum absolute atomic E-state index is 0.448. The van der Waals surface area contributed by atoms with Gasteiger partial charge in [-0.25, -0.2) is 0 Å². The minimum atomic E-state index is 0.448. The molecule has 1 aromatic carbocycles. The van der Waals surface area contributed by atoms with Crippen LogP contribution in [0.3, 0.4) is 0 Å². The first kappa shape index (κ1) is 14.8. The molecule has 0 radical (unpaired) electrons. The normalized spacial score (nSPS) is 12.6. The average molecular weight is 271 g/mol. The lowest BCUT2D eigenvalue weighted by molar-refractivity contribution is 0.519. The molecule has 0 fully saturated rings. The van der Waals surface area contributed by atoms with Gasteiger partial charge in [-0.05, 0) is 38.4 Å². The molecule has 108 valence electrons. The van der Waals surface area contributed by atoms with Crippen LogP contribution in [0, 0.1) is 0 Å². The molecule has 3 nitrogen and oxygen atoms in total. The summed E-state index contributed by atoms with van der Waals surface area (Å²) in [6.45, 7) is 5.25. The van der Waals surface area contributed by atoms with Crippen molar-refractivity contribution in [1.82, 2.24) is 15.1 Å². The maximum atomic E-state index is 4.63. The second-order valence-electron chi connectivity index (χ2n) is 5.18. The fourth-order valence-electron chi connectivity index (χ4n) is 2.55. The van der Waals surface area contributed by atoms with Crippen molar-refractivity contribution in [2.24, 2.45) is 0 Å². The third-order valence-electron chi connectivity index (χ3n) is 3.76. The Morgan fingerprint density at radius 2 is 1.90 bits per heavy atom. The molecule has 2 rings (SSSR count). The van der Waals surface area contributed by atoms with Crippen molar-refractivity contribution in [3.05, 3.63) is 53.3 Å². The second kappa shape index (κ2) is 7.25. The lowest BCUT2D eigenvalue weighted by Crippen LogP contribution is -2.30. The van der Waals surface area contributed by atoms with Gasteiger partial charge < -0.3 is 5.32 Å². The summed E-state index contributed by atoms with van der Waals surface area (Å²) in [6.07, 6.45) is 3.07. The van der Waals surface area contributed by atoms with Gasteiger partial charge in [-0.1, -0.05) is 37.3 Å². The number of rotatable bonds is 7. The number of aryl methyl sites for hydroxylation is 2. The topological polar surface area (TPSA) is 29.9 Å². The zero-order chi connectivity index (χ0) is 14.4. The third kappa shape index (κ3) is 3.70. The molecule has 0 saturated heterocycles. The van der Waals surface area contributed by atoms with Gasteiger partial charge in [0.1, 0.15) is 0 Å². The average Bonchev–Trinajstić information content (AvgIpc) is 2.89. The summed E-state index contributed by atoms with van der Waals surface area (Å²) in [5.74, 6) is 0. The predicted octanol–water partition coefficient (Wildman–Crippen LogP) is 2.84. The molecule has 20 heavy (non-hydrogen) atoms. The van der Waals surface area contributed by atoms with Crippen LogP contribution in [-0.4, -0.2) is 22.9 Å². The van der Waals surface area contributed by atoms with Gasteiger partial charge in [0.25, 0.3) is 0 Å². The van der Waals surface area contributed by atoms with E-state index in [1.165, 1.54) is 17.0 Å². The number of nitrogens with zero attached hydrogens (tertiary/aromatic N) is 2. The molecule has 0 bridgehead atoms. The predicted molar refractivity (Wildman–Crippen MR) is 84.0 cm³/mol. The van der Waals surface area contributed by atoms with E-state index >= 15 is 0 Å². The maximum Gasteiger partial charge on any atom is 0.0624 e. The maximum absolute atomic E-state index is 4.63. The molecular weight excluding hydrogens is 246 g/mol. The number of aromatic nitrogens is 2. The first-order valence-corrected chi connectivity index (χ1v) is 7.53. The summed E-state index contributed by atoms with van der Waals surface area (Å²) < 4.78 is 2.13. The molecule has 0 saturated carbocycles. The van der Waals surface area contributed by atoms with Crippen molar-refractivity contribution >= 4 is 0 Å². The highest BCUT2D eigenvalue weighted by Gasteiger charge is 2.13. The van der Waals surface area contributed by atoms with Gasteiger partial charge in [-0.3, -0.25) is 4.68 Å². The van der Waals surface area contributed by atoms with Crippen LogP contribution in [0.15, 0.2) is 36.4 Å². The SMILES string of the molecule is CCc1cc(CC(Cc2ccccc2)NC)n(CC)n1. The van der Waals surface area contributed by atoms with Crippen LogP contribution in [0.1, 0.15) is 30.8 Å². The van der Waals surface area contributed by atoms with Crippen LogP contribution >= 0.6 is 0 Å². The summed E-state index contributed by atoms with van der Waals surface area (Å²) in [5, 5.41) is 8.07. The molecule has 3 heteroatoms. The van der Waals surface area contributed by atoms with Crippen LogP contribution in [0.2, 0.25) is 0 Å². The van der Waals surface area contributed by atoms with Crippen molar-refractivity contribution < 1.29 is 0 Å². The molecule has 0 amide bonds. The molecule has 0 aliphatic carbocycles. The van der Waals surface area contributed by atoms with E-state index in [-0.39, 0.29) is 0 Å². The van der Waals surface area contributed by atoms with E-state index < -0.39 is 0 Å². The Morgan fingerprint density at radius 3 is 2.50 bits per heavy atom. The highest BCUT2D eigenvalue weighted by molar-refractivity contribution is 5.18. The fourth-order valence-corrected chi connectivity index (χ4v) is 2.55. The van der Waals surface area contributed by atoms with Gasteiger partial charge in [-0.15, -0.1) is 0 Å². The van der Waals surface area contributed by atoms with Crippen molar-refractivity contribution in [2.45, 2.75) is 45.7 Å². The van der Waals surface area contributed by atoms with E-state index in [1.54, 1.807) is 0 Å². The molecule has 0 aliphatic rings. The molecule has 0 aliphatic heterocycles. The highest BCUT2D eigenvalue weighted by atomic mass is 15.3. The number of nitrogens with one attached hydrogen (secondary N) is 1. The summed E-state index contributed by atoms with van der Waals surface area (Å²) >= 11 is 0. The largest absolute Gasteiger partial charge is 0.316 e. The van der Waals surface area contributed by atoms with E-state index in [4.69, 9.17) is 0 Å². The van der Waals surface area contributed by atoms with E-state index in [9.17, 15) is 0 Å². The van der Waals surface area contributed by atoms with Crippen LogP contribution < -0.4 is 5.32 Å². The minimum Gasteiger partial charge on any atom is -0.316 e. The van der Waals surface area contributed by atoms with E-state index in [0.717, 1.165) is 25.8 Å². The van der Waals surface area contributed by atoms with E-state index in [1.807, 2.05) is 7.05 Å². The zero-order valence-electron chi connectivity index (χ0n) is 12.8. The Bertz CT molecular complexity index is 516.